The van der Waals surface area contributed by atoms with Crippen molar-refractivity contribution in [1.29, 1.82) is 0 Å². The Morgan fingerprint density at radius 2 is 1.79 bits per heavy atom. The fraction of sp³-hybridized carbons (Fsp3) is 0. The highest BCUT2D eigenvalue weighted by atomic mass is 35.5. The summed E-state index contributed by atoms with van der Waals surface area (Å²) in [5, 5.41) is 8.48. The Morgan fingerprint density at radius 3 is 2.36 bits per heavy atom. The molecule has 14 heavy (non-hydrogen) atoms. The summed E-state index contributed by atoms with van der Waals surface area (Å²) in [7, 11) is 0. The quantitative estimate of drug-likeness (QED) is 0.725. The Bertz CT molecular complexity index is 513. The molecule has 0 spiro atoms. The molecule has 2 rings (SSSR count). The van der Waals surface area contributed by atoms with Crippen molar-refractivity contribution in [1.82, 2.24) is 9.97 Å². The predicted octanol–water partition coefficient (Wildman–Crippen LogP) is 1.71. The highest BCUT2D eigenvalue weighted by molar-refractivity contribution is 6.67. The molecule has 5 heteroatoms. The van der Waals surface area contributed by atoms with Gasteiger partial charge in [0.05, 0.1) is 11.0 Å². The molecule has 2 aromatic rings. The third-order valence-electron chi connectivity index (χ3n) is 1.74. The number of hydrogen-bond acceptors (Lipinski definition) is 4. The minimum absolute atomic E-state index is 0.217. The van der Waals surface area contributed by atoms with Crippen LogP contribution in [0.1, 0.15) is 10.5 Å². The van der Waals surface area contributed by atoms with Crippen molar-refractivity contribution in [2.45, 2.75) is 0 Å². The van der Waals surface area contributed by atoms with E-state index in [1.165, 1.54) is 0 Å². The summed E-state index contributed by atoms with van der Waals surface area (Å²) in [5.41, 5.74) is 0.825. The number of carbonyl (C=O) groups excluding carboxylic acids is 1. The molecule has 0 fully saturated rings. The van der Waals surface area contributed by atoms with E-state index in [9.17, 15) is 9.90 Å². The predicted molar refractivity (Wildman–Crippen MR) is 51.4 cm³/mol. The summed E-state index contributed by atoms with van der Waals surface area (Å²) in [6.45, 7) is 0. The maximum Gasteiger partial charge on any atom is 0.276 e. The van der Waals surface area contributed by atoms with Crippen molar-refractivity contribution in [3.63, 3.8) is 0 Å². The van der Waals surface area contributed by atoms with Gasteiger partial charge in [0.15, 0.2) is 5.69 Å². The van der Waals surface area contributed by atoms with Gasteiger partial charge in [0.2, 0.25) is 5.88 Å². The molecule has 0 amide bonds. The van der Waals surface area contributed by atoms with Gasteiger partial charge in [-0.15, -0.1) is 0 Å². The zero-order chi connectivity index (χ0) is 10.1. The van der Waals surface area contributed by atoms with Gasteiger partial charge in [0.1, 0.15) is 0 Å². The van der Waals surface area contributed by atoms with E-state index in [2.05, 4.69) is 9.97 Å². The van der Waals surface area contributed by atoms with E-state index in [0.717, 1.165) is 0 Å². The number of halogens is 1. The van der Waals surface area contributed by atoms with Crippen LogP contribution in [-0.4, -0.2) is 20.3 Å². The lowest BCUT2D eigenvalue weighted by molar-refractivity contribution is 0.107. The summed E-state index contributed by atoms with van der Waals surface area (Å²) in [5.74, 6) is -0.441. The third kappa shape index (κ3) is 1.40. The average molecular weight is 209 g/mol. The number of fused-ring (bicyclic) bond motifs is 1. The molecule has 0 radical (unpaired) electrons. The van der Waals surface area contributed by atoms with E-state index in [1.807, 2.05) is 0 Å². The lowest BCUT2D eigenvalue weighted by Crippen LogP contribution is -1.97. The van der Waals surface area contributed by atoms with Crippen LogP contribution in [0.25, 0.3) is 11.0 Å². The fourth-order valence-electron chi connectivity index (χ4n) is 1.12. The lowest BCUT2D eigenvalue weighted by Gasteiger charge is -2.00. The van der Waals surface area contributed by atoms with Crippen LogP contribution in [0, 0.1) is 0 Å². The fourth-order valence-corrected chi connectivity index (χ4v) is 1.25. The van der Waals surface area contributed by atoms with Crippen LogP contribution in [0.15, 0.2) is 24.3 Å². The number of para-hydroxylation sites is 2. The first kappa shape index (κ1) is 8.90. The second-order valence-electron chi connectivity index (χ2n) is 2.66. The smallest absolute Gasteiger partial charge is 0.276 e. The normalized spacial score (nSPS) is 10.4. The molecule has 1 N–H and O–H groups in total. The summed E-state index contributed by atoms with van der Waals surface area (Å²) >= 11 is 5.21. The third-order valence-corrected chi connectivity index (χ3v) is 1.92. The minimum atomic E-state index is -0.819. The second kappa shape index (κ2) is 3.23. The maximum absolute atomic E-state index is 10.8. The summed E-state index contributed by atoms with van der Waals surface area (Å²) < 4.78 is 0. The molecular weight excluding hydrogens is 204 g/mol. The van der Waals surface area contributed by atoms with Crippen LogP contribution < -0.4 is 0 Å². The highest BCUT2D eigenvalue weighted by Crippen LogP contribution is 2.18. The number of benzene rings is 1. The standard InChI is InChI=1S/C9H5ClN2O2/c10-8(13)7-9(14)12-6-4-2-1-3-5(6)11-7/h1-4H,(H,12,14). The molecule has 1 aromatic heterocycles. The van der Waals surface area contributed by atoms with Crippen molar-refractivity contribution < 1.29 is 9.90 Å². The van der Waals surface area contributed by atoms with Gasteiger partial charge in [-0.05, 0) is 23.7 Å². The molecule has 0 saturated carbocycles. The summed E-state index contributed by atoms with van der Waals surface area (Å²) in [6.07, 6.45) is 0. The van der Waals surface area contributed by atoms with Gasteiger partial charge in [-0.2, -0.15) is 0 Å². The van der Waals surface area contributed by atoms with E-state index >= 15 is 0 Å². The number of aromatic nitrogens is 2. The van der Waals surface area contributed by atoms with Gasteiger partial charge in [-0.25, -0.2) is 9.97 Å². The zero-order valence-electron chi connectivity index (χ0n) is 6.94. The van der Waals surface area contributed by atoms with Crippen molar-refractivity contribution in [3.05, 3.63) is 30.0 Å². The summed E-state index contributed by atoms with van der Waals surface area (Å²) in [6, 6.07) is 6.89. The molecule has 0 aliphatic carbocycles. The van der Waals surface area contributed by atoms with Crippen molar-refractivity contribution in [2.24, 2.45) is 0 Å². The molecule has 1 heterocycles. The topological polar surface area (TPSA) is 63.1 Å². The molecule has 4 nitrogen and oxygen atoms in total. The van der Waals surface area contributed by atoms with Crippen LogP contribution in [0.3, 0.4) is 0 Å². The molecule has 1 aromatic carbocycles. The van der Waals surface area contributed by atoms with Crippen LogP contribution >= 0.6 is 11.6 Å². The van der Waals surface area contributed by atoms with Crippen molar-refractivity contribution >= 4 is 27.9 Å². The van der Waals surface area contributed by atoms with Crippen LogP contribution in [0.2, 0.25) is 0 Å². The molecular formula is C9H5ClN2O2. The first-order valence-electron chi connectivity index (χ1n) is 3.84. The van der Waals surface area contributed by atoms with Gasteiger partial charge < -0.3 is 5.11 Å². The molecule has 0 unspecified atom stereocenters. The SMILES string of the molecule is O=C(Cl)c1nc2ccccc2nc1O. The Kier molecular flexibility index (Phi) is 2.05. The van der Waals surface area contributed by atoms with Crippen molar-refractivity contribution in [2.75, 3.05) is 0 Å². The number of carbonyl (C=O) groups is 1. The highest BCUT2D eigenvalue weighted by Gasteiger charge is 2.12. The van der Waals surface area contributed by atoms with Gasteiger partial charge in [0.25, 0.3) is 5.24 Å². The van der Waals surface area contributed by atoms with E-state index < -0.39 is 11.1 Å². The largest absolute Gasteiger partial charge is 0.492 e. The number of nitrogens with zero attached hydrogens (tertiary/aromatic N) is 2. The molecule has 0 saturated heterocycles. The van der Waals surface area contributed by atoms with Gasteiger partial charge in [-0.1, -0.05) is 12.1 Å². The Hall–Kier alpha value is -1.68. The van der Waals surface area contributed by atoms with Gasteiger partial charge in [0, 0.05) is 0 Å². The van der Waals surface area contributed by atoms with Gasteiger partial charge in [-0.3, -0.25) is 4.79 Å². The maximum atomic E-state index is 10.8. The van der Waals surface area contributed by atoms with Crippen LogP contribution in [0.5, 0.6) is 5.88 Å². The first-order chi connectivity index (χ1) is 6.68. The first-order valence-corrected chi connectivity index (χ1v) is 4.22. The van der Waals surface area contributed by atoms with E-state index in [-0.39, 0.29) is 5.69 Å². The zero-order valence-corrected chi connectivity index (χ0v) is 7.69. The Morgan fingerprint density at radius 1 is 1.21 bits per heavy atom. The van der Waals surface area contributed by atoms with Crippen LogP contribution in [0.4, 0.5) is 0 Å². The van der Waals surface area contributed by atoms with E-state index in [1.54, 1.807) is 24.3 Å². The monoisotopic (exact) mass is 208 g/mol. The minimum Gasteiger partial charge on any atom is -0.492 e. The van der Waals surface area contributed by atoms with E-state index in [0.29, 0.717) is 11.0 Å². The molecule has 0 aliphatic heterocycles. The Labute approximate surface area is 84.2 Å². The van der Waals surface area contributed by atoms with Crippen molar-refractivity contribution in [3.8, 4) is 5.88 Å². The number of hydrogen-bond donors (Lipinski definition) is 1. The second-order valence-corrected chi connectivity index (χ2v) is 3.00. The molecule has 0 atom stereocenters. The Balaban J connectivity index is 2.77. The molecule has 0 aliphatic rings. The van der Waals surface area contributed by atoms with Gasteiger partial charge >= 0.3 is 0 Å². The number of rotatable bonds is 1. The number of aromatic hydroxyl groups is 1. The molecule has 0 bridgehead atoms. The van der Waals surface area contributed by atoms with E-state index in [4.69, 9.17) is 11.6 Å². The van der Waals surface area contributed by atoms with Crippen LogP contribution in [-0.2, 0) is 0 Å². The average Bonchev–Trinajstić information content (AvgIpc) is 2.16. The molecule has 70 valence electrons. The summed E-state index contributed by atoms with van der Waals surface area (Å²) in [4.78, 5) is 18.5. The lowest BCUT2D eigenvalue weighted by atomic mass is 10.3.